The maximum Gasteiger partial charge on any atom is 0.175 e. The summed E-state index contributed by atoms with van der Waals surface area (Å²) in [6, 6.07) is 9.42. The Morgan fingerprint density at radius 2 is 1.86 bits per heavy atom. The highest BCUT2D eigenvalue weighted by molar-refractivity contribution is 14.1. The van der Waals surface area contributed by atoms with E-state index < -0.39 is 9.84 Å². The Bertz CT molecular complexity index is 761. The lowest BCUT2D eigenvalue weighted by Gasteiger charge is -2.10. The molecule has 0 spiro atoms. The molecule has 0 heterocycles. The van der Waals surface area contributed by atoms with Gasteiger partial charge in [-0.2, -0.15) is 0 Å². The van der Waals surface area contributed by atoms with Crippen LogP contribution >= 0.6 is 22.6 Å². The Morgan fingerprint density at radius 3 is 2.43 bits per heavy atom. The number of nitrogens with one attached hydrogen (secondary N) is 1. The van der Waals surface area contributed by atoms with Gasteiger partial charge in [0.05, 0.1) is 19.8 Å². The summed E-state index contributed by atoms with van der Waals surface area (Å²) < 4.78 is 36.7. The number of benzene rings is 2. The number of hydrogen-bond acceptors (Lipinski definition) is 4. The molecule has 2 aromatic carbocycles. The minimum absolute atomic E-state index is 0.270. The zero-order valence-electron chi connectivity index (χ0n) is 11.2. The minimum atomic E-state index is -3.19. The van der Waals surface area contributed by atoms with Crippen LogP contribution in [0.15, 0.2) is 41.3 Å². The molecule has 0 aromatic heterocycles. The van der Waals surface area contributed by atoms with Crippen LogP contribution in [0, 0.1) is 9.39 Å². The van der Waals surface area contributed by atoms with E-state index in [0.717, 1.165) is 11.8 Å². The van der Waals surface area contributed by atoms with E-state index in [4.69, 9.17) is 5.73 Å². The Labute approximate surface area is 136 Å². The fourth-order valence-electron chi connectivity index (χ4n) is 1.77. The van der Waals surface area contributed by atoms with E-state index in [2.05, 4.69) is 5.32 Å². The number of nitrogen functional groups attached to an aromatic ring is 1. The second-order valence-corrected chi connectivity index (χ2v) is 7.80. The normalized spacial score (nSPS) is 11.4. The molecule has 112 valence electrons. The van der Waals surface area contributed by atoms with E-state index in [0.29, 0.717) is 21.5 Å². The summed E-state index contributed by atoms with van der Waals surface area (Å²) in [6.07, 6.45) is 1.16. The fraction of sp³-hybridized carbons (Fsp3) is 0.143. The lowest BCUT2D eigenvalue weighted by molar-refractivity contribution is 0.602. The van der Waals surface area contributed by atoms with E-state index in [1.165, 1.54) is 6.07 Å². The largest absolute Gasteiger partial charge is 0.397 e. The number of nitrogens with two attached hydrogens (primary N) is 1. The molecule has 2 aromatic rings. The van der Waals surface area contributed by atoms with Gasteiger partial charge >= 0.3 is 0 Å². The van der Waals surface area contributed by atoms with Crippen LogP contribution in [-0.4, -0.2) is 14.7 Å². The van der Waals surface area contributed by atoms with Crippen molar-refractivity contribution in [3.63, 3.8) is 0 Å². The molecule has 21 heavy (non-hydrogen) atoms. The zero-order valence-corrected chi connectivity index (χ0v) is 14.2. The van der Waals surface area contributed by atoms with Crippen LogP contribution in [0.3, 0.4) is 0 Å². The van der Waals surface area contributed by atoms with Crippen molar-refractivity contribution >= 4 is 43.8 Å². The molecule has 0 fully saturated rings. The molecule has 0 saturated carbocycles. The second-order valence-electron chi connectivity index (χ2n) is 4.62. The van der Waals surface area contributed by atoms with Crippen LogP contribution < -0.4 is 11.1 Å². The van der Waals surface area contributed by atoms with Gasteiger partial charge in [0, 0.05) is 18.9 Å². The zero-order chi connectivity index (χ0) is 15.6. The molecule has 0 saturated heterocycles. The Kier molecular flexibility index (Phi) is 4.72. The summed E-state index contributed by atoms with van der Waals surface area (Å²) in [4.78, 5) is 0.270. The smallest absolute Gasteiger partial charge is 0.175 e. The summed E-state index contributed by atoms with van der Waals surface area (Å²) in [6.45, 7) is 0.425. The molecule has 0 unspecified atom stereocenters. The number of rotatable bonds is 4. The van der Waals surface area contributed by atoms with Gasteiger partial charge in [-0.1, -0.05) is 12.1 Å². The highest BCUT2D eigenvalue weighted by Gasteiger charge is 2.08. The first-order chi connectivity index (χ1) is 9.77. The van der Waals surface area contributed by atoms with Gasteiger partial charge in [-0.3, -0.25) is 0 Å². The molecule has 0 atom stereocenters. The summed E-state index contributed by atoms with van der Waals surface area (Å²) in [5, 5.41) is 3.04. The molecular weight excluding hydrogens is 406 g/mol. The van der Waals surface area contributed by atoms with Gasteiger partial charge in [0.2, 0.25) is 0 Å². The first-order valence-corrected chi connectivity index (χ1v) is 9.02. The van der Waals surface area contributed by atoms with Gasteiger partial charge in [0.15, 0.2) is 9.84 Å². The second kappa shape index (κ2) is 6.18. The molecule has 0 amide bonds. The van der Waals surface area contributed by atoms with Crippen molar-refractivity contribution in [2.75, 3.05) is 17.3 Å². The van der Waals surface area contributed by atoms with Gasteiger partial charge in [-0.15, -0.1) is 0 Å². The summed E-state index contributed by atoms with van der Waals surface area (Å²) in [5.74, 6) is -0.334. The molecule has 0 aliphatic heterocycles. The first-order valence-electron chi connectivity index (χ1n) is 6.05. The first kappa shape index (κ1) is 16.0. The molecule has 0 aliphatic rings. The van der Waals surface area contributed by atoms with Crippen molar-refractivity contribution in [2.45, 2.75) is 11.4 Å². The van der Waals surface area contributed by atoms with Crippen LogP contribution in [0.1, 0.15) is 5.56 Å². The molecular formula is C14H14FIN2O2S. The third-order valence-corrected chi connectivity index (χ3v) is 4.88. The fourth-order valence-corrected chi connectivity index (χ4v) is 2.89. The standard InChI is InChI=1S/C14H14FIN2O2S/c1-21(19,20)10-4-2-9(3-5-10)8-18-14-6-11(15)12(16)7-13(14)17/h2-7,18H,8,17H2,1H3. The highest BCUT2D eigenvalue weighted by atomic mass is 127. The van der Waals surface area contributed by atoms with Crippen molar-refractivity contribution in [3.05, 3.63) is 51.3 Å². The maximum absolute atomic E-state index is 13.5. The number of hydrogen-bond donors (Lipinski definition) is 2. The molecule has 0 aliphatic carbocycles. The van der Waals surface area contributed by atoms with E-state index in [1.54, 1.807) is 30.3 Å². The number of anilines is 2. The van der Waals surface area contributed by atoms with Crippen LogP contribution in [-0.2, 0) is 16.4 Å². The van der Waals surface area contributed by atoms with Gasteiger partial charge < -0.3 is 11.1 Å². The van der Waals surface area contributed by atoms with Crippen molar-refractivity contribution in [1.29, 1.82) is 0 Å². The van der Waals surface area contributed by atoms with E-state index in [1.807, 2.05) is 22.6 Å². The van der Waals surface area contributed by atoms with Gasteiger partial charge in [-0.25, -0.2) is 12.8 Å². The molecule has 0 radical (unpaired) electrons. The van der Waals surface area contributed by atoms with E-state index in [9.17, 15) is 12.8 Å². The predicted octanol–water partition coefficient (Wildman–Crippen LogP) is 3.03. The molecule has 2 rings (SSSR count). The summed E-state index contributed by atoms with van der Waals surface area (Å²) in [5.41, 5.74) is 7.68. The van der Waals surface area contributed by atoms with Crippen molar-refractivity contribution < 1.29 is 12.8 Å². The highest BCUT2D eigenvalue weighted by Crippen LogP contribution is 2.24. The molecule has 4 nitrogen and oxygen atoms in total. The number of halogens is 2. The Balaban J connectivity index is 2.12. The average molecular weight is 420 g/mol. The SMILES string of the molecule is CS(=O)(=O)c1ccc(CNc2cc(F)c(I)cc2N)cc1. The maximum atomic E-state index is 13.5. The Morgan fingerprint density at radius 1 is 1.24 bits per heavy atom. The van der Waals surface area contributed by atoms with Crippen molar-refractivity contribution in [2.24, 2.45) is 0 Å². The van der Waals surface area contributed by atoms with Crippen LogP contribution in [0.4, 0.5) is 15.8 Å². The average Bonchev–Trinajstić information content (AvgIpc) is 2.41. The minimum Gasteiger partial charge on any atom is -0.397 e. The predicted molar refractivity (Wildman–Crippen MR) is 90.4 cm³/mol. The van der Waals surface area contributed by atoms with Crippen LogP contribution in [0.25, 0.3) is 0 Å². The lowest BCUT2D eigenvalue weighted by Crippen LogP contribution is -2.04. The van der Waals surface area contributed by atoms with E-state index in [-0.39, 0.29) is 10.7 Å². The number of sulfone groups is 1. The molecule has 0 bridgehead atoms. The van der Waals surface area contributed by atoms with Crippen LogP contribution in [0.2, 0.25) is 0 Å². The Hall–Kier alpha value is -1.35. The third kappa shape index (κ3) is 4.07. The quantitative estimate of drug-likeness (QED) is 0.590. The van der Waals surface area contributed by atoms with Crippen molar-refractivity contribution in [1.82, 2.24) is 0 Å². The van der Waals surface area contributed by atoms with Gasteiger partial charge in [0.1, 0.15) is 5.82 Å². The van der Waals surface area contributed by atoms with Crippen molar-refractivity contribution in [3.8, 4) is 0 Å². The summed E-state index contributed by atoms with van der Waals surface area (Å²) >= 11 is 1.88. The molecule has 7 heteroatoms. The van der Waals surface area contributed by atoms with Gasteiger partial charge in [0.25, 0.3) is 0 Å². The van der Waals surface area contributed by atoms with Gasteiger partial charge in [-0.05, 0) is 46.4 Å². The topological polar surface area (TPSA) is 72.2 Å². The monoisotopic (exact) mass is 420 g/mol. The lowest BCUT2D eigenvalue weighted by atomic mass is 10.2. The molecule has 3 N–H and O–H groups in total. The van der Waals surface area contributed by atoms with E-state index >= 15 is 0 Å². The summed E-state index contributed by atoms with van der Waals surface area (Å²) in [7, 11) is -3.19. The van der Waals surface area contributed by atoms with Crippen LogP contribution in [0.5, 0.6) is 0 Å². The third-order valence-electron chi connectivity index (χ3n) is 2.93.